The van der Waals surface area contributed by atoms with Crippen molar-refractivity contribution in [1.29, 1.82) is 0 Å². The molecule has 0 bridgehead atoms. The second-order valence-electron chi connectivity index (χ2n) is 4.25. The Hall–Kier alpha value is -1.75. The van der Waals surface area contributed by atoms with Crippen molar-refractivity contribution in [3.8, 4) is 0 Å². The van der Waals surface area contributed by atoms with Crippen LogP contribution in [0, 0.1) is 0 Å². The van der Waals surface area contributed by atoms with E-state index < -0.39 is 0 Å². The van der Waals surface area contributed by atoms with Crippen molar-refractivity contribution in [2.24, 2.45) is 0 Å². The van der Waals surface area contributed by atoms with E-state index >= 15 is 0 Å². The number of hydrogen-bond acceptors (Lipinski definition) is 3. The zero-order valence-electron chi connectivity index (χ0n) is 11.1. The number of aliphatic hydroxyl groups excluding tert-OH is 1. The standard InChI is InChI=1S/C13H21N3O2/c1-4-16(3)12-7-5-6-11(8-12)15-13(18)14-10(2)9-17/h5-8,10,17H,4,9H2,1-3H3,(H2,14,15,18)/t10-/m0/s1. The maximum atomic E-state index is 11.6. The molecule has 0 aliphatic heterocycles. The van der Waals surface area contributed by atoms with Crippen molar-refractivity contribution in [2.75, 3.05) is 30.4 Å². The Morgan fingerprint density at radius 3 is 2.83 bits per heavy atom. The lowest BCUT2D eigenvalue weighted by Gasteiger charge is -2.18. The topological polar surface area (TPSA) is 64.6 Å². The fourth-order valence-corrected chi connectivity index (χ4v) is 1.44. The van der Waals surface area contributed by atoms with Gasteiger partial charge in [0.05, 0.1) is 12.6 Å². The van der Waals surface area contributed by atoms with E-state index in [9.17, 15) is 4.79 Å². The second kappa shape index (κ2) is 6.86. The van der Waals surface area contributed by atoms with E-state index in [0.717, 1.165) is 17.9 Å². The van der Waals surface area contributed by atoms with Crippen LogP contribution in [0.2, 0.25) is 0 Å². The number of carbonyl (C=O) groups excluding carboxylic acids is 1. The first-order valence-corrected chi connectivity index (χ1v) is 6.06. The number of carbonyl (C=O) groups is 1. The summed E-state index contributed by atoms with van der Waals surface area (Å²) < 4.78 is 0. The molecule has 1 atom stereocenters. The Morgan fingerprint density at radius 2 is 2.22 bits per heavy atom. The summed E-state index contributed by atoms with van der Waals surface area (Å²) in [5.41, 5.74) is 1.78. The van der Waals surface area contributed by atoms with Crippen LogP contribution in [-0.4, -0.2) is 37.4 Å². The minimum absolute atomic E-state index is 0.0773. The molecular formula is C13H21N3O2. The smallest absolute Gasteiger partial charge is 0.319 e. The monoisotopic (exact) mass is 251 g/mol. The number of nitrogens with zero attached hydrogens (tertiary/aromatic N) is 1. The first-order valence-electron chi connectivity index (χ1n) is 6.06. The SMILES string of the molecule is CCN(C)c1cccc(NC(=O)N[C@@H](C)CO)c1. The van der Waals surface area contributed by atoms with E-state index in [4.69, 9.17) is 5.11 Å². The lowest BCUT2D eigenvalue weighted by Crippen LogP contribution is -2.38. The zero-order chi connectivity index (χ0) is 13.5. The summed E-state index contributed by atoms with van der Waals surface area (Å²) >= 11 is 0. The molecule has 0 radical (unpaired) electrons. The highest BCUT2D eigenvalue weighted by molar-refractivity contribution is 5.90. The molecule has 0 heterocycles. The molecule has 0 aliphatic rings. The number of hydrogen-bond donors (Lipinski definition) is 3. The molecule has 1 aromatic rings. The summed E-state index contributed by atoms with van der Waals surface area (Å²) in [6, 6.07) is 7.05. The molecule has 0 saturated heterocycles. The average Bonchev–Trinajstić information content (AvgIpc) is 2.37. The van der Waals surface area contributed by atoms with Crippen LogP contribution in [0.4, 0.5) is 16.2 Å². The summed E-state index contributed by atoms with van der Waals surface area (Å²) in [6.07, 6.45) is 0. The minimum Gasteiger partial charge on any atom is -0.394 e. The van der Waals surface area contributed by atoms with Gasteiger partial charge in [0.2, 0.25) is 0 Å². The molecule has 0 aromatic heterocycles. The molecule has 3 N–H and O–H groups in total. The van der Waals surface area contributed by atoms with E-state index in [-0.39, 0.29) is 18.7 Å². The van der Waals surface area contributed by atoms with Gasteiger partial charge < -0.3 is 20.6 Å². The summed E-state index contributed by atoms with van der Waals surface area (Å²) in [7, 11) is 1.99. The fourth-order valence-electron chi connectivity index (χ4n) is 1.44. The number of benzene rings is 1. The highest BCUT2D eigenvalue weighted by atomic mass is 16.3. The summed E-state index contributed by atoms with van der Waals surface area (Å²) in [6.45, 7) is 4.62. The Labute approximate surface area is 108 Å². The summed E-state index contributed by atoms with van der Waals surface area (Å²) in [4.78, 5) is 13.7. The Morgan fingerprint density at radius 1 is 1.50 bits per heavy atom. The van der Waals surface area contributed by atoms with Gasteiger partial charge in [0.15, 0.2) is 0 Å². The fraction of sp³-hybridized carbons (Fsp3) is 0.462. The Balaban J connectivity index is 2.64. The van der Waals surface area contributed by atoms with Crippen molar-refractivity contribution >= 4 is 17.4 Å². The lowest BCUT2D eigenvalue weighted by atomic mass is 10.2. The molecule has 18 heavy (non-hydrogen) atoms. The van der Waals surface area contributed by atoms with Gasteiger partial charge in [0.25, 0.3) is 0 Å². The van der Waals surface area contributed by atoms with Crippen LogP contribution in [0.3, 0.4) is 0 Å². The van der Waals surface area contributed by atoms with Gasteiger partial charge in [0, 0.05) is 25.0 Å². The van der Waals surface area contributed by atoms with E-state index in [1.54, 1.807) is 6.92 Å². The maximum absolute atomic E-state index is 11.6. The van der Waals surface area contributed by atoms with Gasteiger partial charge in [-0.15, -0.1) is 0 Å². The third-order valence-electron chi connectivity index (χ3n) is 2.67. The third-order valence-corrected chi connectivity index (χ3v) is 2.67. The lowest BCUT2D eigenvalue weighted by molar-refractivity contribution is 0.229. The largest absolute Gasteiger partial charge is 0.394 e. The highest BCUT2D eigenvalue weighted by Gasteiger charge is 2.06. The molecule has 5 heteroatoms. The molecular weight excluding hydrogens is 230 g/mol. The van der Waals surface area contributed by atoms with E-state index in [2.05, 4.69) is 22.5 Å². The third kappa shape index (κ3) is 4.25. The highest BCUT2D eigenvalue weighted by Crippen LogP contribution is 2.17. The van der Waals surface area contributed by atoms with Crippen LogP contribution in [-0.2, 0) is 0 Å². The number of urea groups is 1. The molecule has 0 fully saturated rings. The number of anilines is 2. The second-order valence-corrected chi connectivity index (χ2v) is 4.25. The van der Waals surface area contributed by atoms with Crippen LogP contribution in [0.25, 0.3) is 0 Å². The molecule has 100 valence electrons. The Kier molecular flexibility index (Phi) is 5.45. The molecule has 0 saturated carbocycles. The van der Waals surface area contributed by atoms with Gasteiger partial charge in [-0.05, 0) is 32.0 Å². The number of amides is 2. The van der Waals surface area contributed by atoms with Gasteiger partial charge in [0.1, 0.15) is 0 Å². The van der Waals surface area contributed by atoms with Gasteiger partial charge in [-0.1, -0.05) is 6.07 Å². The van der Waals surface area contributed by atoms with Crippen molar-refractivity contribution in [2.45, 2.75) is 19.9 Å². The van der Waals surface area contributed by atoms with E-state index in [0.29, 0.717) is 0 Å². The quantitative estimate of drug-likeness (QED) is 0.745. The van der Waals surface area contributed by atoms with Gasteiger partial charge >= 0.3 is 6.03 Å². The molecule has 0 unspecified atom stereocenters. The van der Waals surface area contributed by atoms with Crippen LogP contribution in [0.1, 0.15) is 13.8 Å². The predicted octanol–water partition coefficient (Wildman–Crippen LogP) is 1.64. The molecule has 5 nitrogen and oxygen atoms in total. The first-order chi connectivity index (χ1) is 8.56. The zero-order valence-corrected chi connectivity index (χ0v) is 11.1. The predicted molar refractivity (Wildman–Crippen MR) is 74.1 cm³/mol. The van der Waals surface area contributed by atoms with Crippen molar-refractivity contribution < 1.29 is 9.90 Å². The van der Waals surface area contributed by atoms with Crippen LogP contribution in [0.15, 0.2) is 24.3 Å². The van der Waals surface area contributed by atoms with Crippen molar-refractivity contribution in [1.82, 2.24) is 5.32 Å². The van der Waals surface area contributed by atoms with Crippen molar-refractivity contribution in [3.05, 3.63) is 24.3 Å². The molecule has 1 aromatic carbocycles. The van der Waals surface area contributed by atoms with Crippen LogP contribution in [0.5, 0.6) is 0 Å². The van der Waals surface area contributed by atoms with Gasteiger partial charge in [-0.25, -0.2) is 4.79 Å². The van der Waals surface area contributed by atoms with Crippen molar-refractivity contribution in [3.63, 3.8) is 0 Å². The van der Waals surface area contributed by atoms with Crippen LogP contribution >= 0.6 is 0 Å². The minimum atomic E-state index is -0.312. The maximum Gasteiger partial charge on any atom is 0.319 e. The van der Waals surface area contributed by atoms with E-state index in [1.807, 2.05) is 31.3 Å². The van der Waals surface area contributed by atoms with E-state index in [1.165, 1.54) is 0 Å². The number of nitrogens with one attached hydrogen (secondary N) is 2. The summed E-state index contributed by atoms with van der Waals surface area (Å²) in [5.74, 6) is 0. The van der Waals surface area contributed by atoms with Crippen LogP contribution < -0.4 is 15.5 Å². The number of rotatable bonds is 5. The average molecular weight is 251 g/mol. The molecule has 2 amide bonds. The summed E-state index contributed by atoms with van der Waals surface area (Å²) in [5, 5.41) is 14.2. The normalized spacial score (nSPS) is 11.8. The first kappa shape index (κ1) is 14.3. The molecule has 1 rings (SSSR count). The molecule has 0 spiro atoms. The van der Waals surface area contributed by atoms with Gasteiger partial charge in [-0.3, -0.25) is 0 Å². The number of aliphatic hydroxyl groups is 1. The Bertz CT molecular complexity index is 396. The molecule has 0 aliphatic carbocycles. The van der Waals surface area contributed by atoms with Gasteiger partial charge in [-0.2, -0.15) is 0 Å².